The highest BCUT2D eigenvalue weighted by molar-refractivity contribution is 5.85. The Kier molecular flexibility index (Phi) is 7.87. The van der Waals surface area contributed by atoms with Gasteiger partial charge in [0.1, 0.15) is 11.2 Å². The number of fused-ring (bicyclic) bond motifs is 3. The lowest BCUT2D eigenvalue weighted by Crippen LogP contribution is -2.60. The van der Waals surface area contributed by atoms with Crippen LogP contribution in [0.1, 0.15) is 75.3 Å². The van der Waals surface area contributed by atoms with Crippen LogP contribution in [0.4, 0.5) is 34.1 Å². The molecule has 7 aliphatic rings. The smallest absolute Gasteiger partial charge is 0.101 e. The summed E-state index contributed by atoms with van der Waals surface area (Å²) in [6.45, 7) is 0. The minimum Gasteiger partial charge on any atom is -0.358 e. The van der Waals surface area contributed by atoms with Crippen LogP contribution < -0.4 is 9.80 Å². The van der Waals surface area contributed by atoms with Gasteiger partial charge in [0.2, 0.25) is 0 Å². The molecule has 3 heteroatoms. The highest BCUT2D eigenvalue weighted by Crippen LogP contribution is 2.71. The van der Waals surface area contributed by atoms with Gasteiger partial charge in [0, 0.05) is 34.1 Å². The molecule has 6 aliphatic carbocycles. The van der Waals surface area contributed by atoms with Crippen molar-refractivity contribution in [1.82, 2.24) is 0 Å². The van der Waals surface area contributed by atoms with Gasteiger partial charge < -0.3 is 14.5 Å². The number of rotatable bonds is 6. The first-order valence-corrected chi connectivity index (χ1v) is 22.0. The van der Waals surface area contributed by atoms with Gasteiger partial charge >= 0.3 is 0 Å². The summed E-state index contributed by atoms with van der Waals surface area (Å²) >= 11 is 0. The Labute approximate surface area is 338 Å². The first-order chi connectivity index (χ1) is 28.2. The fourth-order valence-electron chi connectivity index (χ4n) is 13.6. The Morgan fingerprint density at radius 1 is 0.368 bits per heavy atom. The molecule has 284 valence electrons. The lowest BCUT2D eigenvalue weighted by atomic mass is 9.48. The molecule has 6 aromatic rings. The van der Waals surface area contributed by atoms with Crippen LogP contribution in [0.5, 0.6) is 0 Å². The highest BCUT2D eigenvalue weighted by Gasteiger charge is 2.67. The zero-order valence-electron chi connectivity index (χ0n) is 32.8. The van der Waals surface area contributed by atoms with Crippen LogP contribution in [0, 0.1) is 35.5 Å². The Hall–Kier alpha value is -5.12. The van der Waals surface area contributed by atoms with E-state index in [1.807, 2.05) is 0 Å². The van der Waals surface area contributed by atoms with E-state index in [1.165, 1.54) is 121 Å². The van der Waals surface area contributed by atoms with Crippen LogP contribution in [0.25, 0.3) is 11.1 Å². The van der Waals surface area contributed by atoms with E-state index in [1.54, 1.807) is 0 Å². The van der Waals surface area contributed by atoms with Crippen LogP contribution in [-0.4, -0.2) is 0 Å². The molecule has 1 aliphatic heterocycles. The maximum Gasteiger partial charge on any atom is 0.101 e. The minimum atomic E-state index is -0.312. The average Bonchev–Trinajstić information content (AvgIpc) is 3.37. The van der Waals surface area contributed by atoms with E-state index in [4.69, 9.17) is 4.74 Å². The molecule has 0 aromatic heterocycles. The maximum absolute atomic E-state index is 8.70. The quantitative estimate of drug-likeness (QED) is 0.169. The Bertz CT molecular complexity index is 2290. The molecule has 0 N–H and O–H groups in total. The third-order valence-corrected chi connectivity index (χ3v) is 15.6. The molecule has 2 atom stereocenters. The second-order valence-corrected chi connectivity index (χ2v) is 18.4. The molecule has 13 rings (SSSR count). The highest BCUT2D eigenvalue weighted by atomic mass is 16.5. The van der Waals surface area contributed by atoms with Crippen molar-refractivity contribution in [3.05, 3.63) is 169 Å². The third-order valence-electron chi connectivity index (χ3n) is 15.6. The van der Waals surface area contributed by atoms with Gasteiger partial charge in [0.15, 0.2) is 0 Å². The molecule has 6 bridgehead atoms. The van der Waals surface area contributed by atoms with E-state index in [2.05, 4.69) is 168 Å². The predicted octanol–water partition coefficient (Wildman–Crippen LogP) is 14.4. The van der Waals surface area contributed by atoms with Gasteiger partial charge in [0.05, 0.1) is 0 Å². The molecular formula is C54H52N2O. The number of hydrogen-bond donors (Lipinski definition) is 0. The first kappa shape index (κ1) is 34.0. The molecule has 57 heavy (non-hydrogen) atoms. The maximum atomic E-state index is 8.70. The van der Waals surface area contributed by atoms with Gasteiger partial charge in [-0.3, -0.25) is 0 Å². The summed E-state index contributed by atoms with van der Waals surface area (Å²) in [5.41, 5.74) is 12.3. The van der Waals surface area contributed by atoms with Gasteiger partial charge in [-0.25, -0.2) is 0 Å². The van der Waals surface area contributed by atoms with Crippen molar-refractivity contribution in [2.24, 2.45) is 35.5 Å². The molecule has 6 saturated carbocycles. The van der Waals surface area contributed by atoms with Gasteiger partial charge in [0.25, 0.3) is 0 Å². The van der Waals surface area contributed by atoms with E-state index in [0.717, 1.165) is 11.8 Å². The monoisotopic (exact) mass is 744 g/mol. The zero-order chi connectivity index (χ0) is 37.6. The zero-order valence-corrected chi connectivity index (χ0v) is 32.8. The number of nitrogens with zero attached hydrogens (tertiary/aromatic N) is 2. The molecule has 2 spiro atoms. The molecule has 1 heterocycles. The summed E-state index contributed by atoms with van der Waals surface area (Å²) in [6, 6.07) is 58.9. The van der Waals surface area contributed by atoms with Crippen molar-refractivity contribution in [3.63, 3.8) is 0 Å². The van der Waals surface area contributed by atoms with Crippen molar-refractivity contribution in [1.29, 1.82) is 0 Å². The first-order valence-electron chi connectivity index (χ1n) is 22.0. The Balaban J connectivity index is 1.12. The lowest BCUT2D eigenvalue weighted by molar-refractivity contribution is -0.292. The number of ether oxygens (including phenoxy) is 1. The second-order valence-electron chi connectivity index (χ2n) is 18.4. The SMILES string of the molecule is c1ccc(N(c2ccccc2)c2ccc3c(c2)C2(OC4(c5cc(N(c6ccccc6)c6ccccc6)ccc5-3)C3CC5CC(C3)CC4C5)C3CCCC2CC3)cc1. The van der Waals surface area contributed by atoms with Crippen molar-refractivity contribution in [3.8, 4) is 11.1 Å². The van der Waals surface area contributed by atoms with E-state index in [0.29, 0.717) is 23.7 Å². The molecule has 0 radical (unpaired) electrons. The normalized spacial score (nSPS) is 30.2. The number of hydrogen-bond acceptors (Lipinski definition) is 3. The standard InChI is InChI=1S/C54H52N2O/c1-5-16-43(17-6-1)55(44-18-7-2-8-19-44)47-26-28-49-50-29-27-48(56(45-20-9-3-10-21-45)46-22-11-4-12-23-46)36-52(50)54(41-31-37-30-38(33-41)34-42(54)32-37)57-53(51(49)35-47)39-14-13-15-40(53)25-24-39/h1-12,16-23,26-29,35-42H,13-15,24-25,30-34H2. The van der Waals surface area contributed by atoms with Crippen molar-refractivity contribution in [2.45, 2.75) is 75.4 Å². The summed E-state index contributed by atoms with van der Waals surface area (Å²) in [5, 5.41) is 0. The van der Waals surface area contributed by atoms with Crippen LogP contribution in [0.2, 0.25) is 0 Å². The fraction of sp³-hybridized carbons (Fsp3) is 0.333. The molecule has 6 aromatic carbocycles. The third kappa shape index (κ3) is 5.13. The lowest BCUT2D eigenvalue weighted by Gasteiger charge is -2.63. The predicted molar refractivity (Wildman–Crippen MR) is 233 cm³/mol. The molecular weight excluding hydrogens is 693 g/mol. The molecule has 3 nitrogen and oxygen atoms in total. The summed E-state index contributed by atoms with van der Waals surface area (Å²) < 4.78 is 8.70. The fourth-order valence-corrected chi connectivity index (χ4v) is 13.6. The molecule has 0 amide bonds. The topological polar surface area (TPSA) is 15.7 Å². The average molecular weight is 745 g/mol. The Morgan fingerprint density at radius 3 is 1.12 bits per heavy atom. The van der Waals surface area contributed by atoms with Gasteiger partial charge in [-0.1, -0.05) is 91.3 Å². The number of para-hydroxylation sites is 4. The molecule has 6 fully saturated rings. The van der Waals surface area contributed by atoms with E-state index in [-0.39, 0.29) is 11.2 Å². The van der Waals surface area contributed by atoms with Crippen LogP contribution in [0.3, 0.4) is 0 Å². The van der Waals surface area contributed by atoms with Crippen molar-refractivity contribution >= 4 is 34.1 Å². The van der Waals surface area contributed by atoms with Gasteiger partial charge in [-0.15, -0.1) is 0 Å². The van der Waals surface area contributed by atoms with Crippen LogP contribution in [0.15, 0.2) is 158 Å². The minimum absolute atomic E-state index is 0.310. The number of benzene rings is 6. The largest absolute Gasteiger partial charge is 0.358 e. The Morgan fingerprint density at radius 2 is 0.737 bits per heavy atom. The van der Waals surface area contributed by atoms with Gasteiger partial charge in [-0.05, 0) is 188 Å². The summed E-state index contributed by atoms with van der Waals surface area (Å²) in [5.74, 6) is 3.84. The number of anilines is 6. The van der Waals surface area contributed by atoms with Crippen LogP contribution in [-0.2, 0) is 15.9 Å². The summed E-state index contributed by atoms with van der Waals surface area (Å²) in [7, 11) is 0. The van der Waals surface area contributed by atoms with Gasteiger partial charge in [-0.2, -0.15) is 0 Å². The van der Waals surface area contributed by atoms with E-state index < -0.39 is 0 Å². The van der Waals surface area contributed by atoms with Crippen molar-refractivity contribution in [2.75, 3.05) is 9.80 Å². The van der Waals surface area contributed by atoms with Crippen LogP contribution >= 0.6 is 0 Å². The molecule has 0 saturated heterocycles. The second kappa shape index (κ2) is 13.2. The van der Waals surface area contributed by atoms with E-state index in [9.17, 15) is 0 Å². The van der Waals surface area contributed by atoms with E-state index >= 15 is 0 Å². The molecule has 2 unspecified atom stereocenters. The van der Waals surface area contributed by atoms with Crippen molar-refractivity contribution < 1.29 is 4.74 Å². The summed E-state index contributed by atoms with van der Waals surface area (Å²) in [6.07, 6.45) is 13.0. The summed E-state index contributed by atoms with van der Waals surface area (Å²) in [4.78, 5) is 4.93.